The second kappa shape index (κ2) is 5.09. The third kappa shape index (κ3) is 2.44. The van der Waals surface area contributed by atoms with Crippen molar-refractivity contribution in [2.24, 2.45) is 0 Å². The average molecular weight is 339 g/mol. The monoisotopic (exact) mass is 338 g/mol. The van der Waals surface area contributed by atoms with Crippen molar-refractivity contribution in [2.75, 3.05) is 0 Å². The van der Waals surface area contributed by atoms with E-state index >= 15 is 0 Å². The van der Waals surface area contributed by atoms with Crippen LogP contribution in [0.25, 0.3) is 11.7 Å². The third-order valence-corrected chi connectivity index (χ3v) is 3.16. The summed E-state index contributed by atoms with van der Waals surface area (Å²) in [6.45, 7) is -0.0195. The molecule has 0 aliphatic carbocycles. The summed E-state index contributed by atoms with van der Waals surface area (Å²) >= 11 is 3.25. The Hall–Kier alpha value is -2.15. The van der Waals surface area contributed by atoms with Gasteiger partial charge in [-0.1, -0.05) is 15.9 Å². The molecule has 0 unspecified atom stereocenters. The van der Waals surface area contributed by atoms with E-state index in [0.29, 0.717) is 11.3 Å². The highest BCUT2D eigenvalue weighted by atomic mass is 79.9. The molecule has 0 aliphatic rings. The summed E-state index contributed by atoms with van der Waals surface area (Å²) in [5, 5.41) is 3.98. The topological polar surface area (TPSA) is 61.2 Å². The van der Waals surface area contributed by atoms with E-state index in [0.717, 1.165) is 9.15 Å². The molecule has 0 atom stereocenters. The van der Waals surface area contributed by atoms with Crippen molar-refractivity contribution in [3.63, 3.8) is 0 Å². The van der Waals surface area contributed by atoms with Crippen LogP contribution < -0.4 is 5.76 Å². The molecular weight excluding hydrogens is 331 g/mol. The van der Waals surface area contributed by atoms with Crippen molar-refractivity contribution in [3.8, 4) is 11.7 Å². The number of hydrogen-bond acceptors (Lipinski definition) is 4. The largest absolute Gasteiger partial charge is 0.459 e. The molecule has 0 amide bonds. The highest BCUT2D eigenvalue weighted by Crippen LogP contribution is 2.18. The highest BCUT2D eigenvalue weighted by molar-refractivity contribution is 9.10. The first kappa shape index (κ1) is 12.9. The van der Waals surface area contributed by atoms with Crippen molar-refractivity contribution in [1.82, 2.24) is 9.78 Å². The van der Waals surface area contributed by atoms with Gasteiger partial charge in [0, 0.05) is 10.0 Å². The van der Waals surface area contributed by atoms with Gasteiger partial charge in [-0.3, -0.25) is 0 Å². The highest BCUT2D eigenvalue weighted by Gasteiger charge is 2.14. The quantitative estimate of drug-likeness (QED) is 0.736. The molecule has 1 aromatic carbocycles. The minimum atomic E-state index is -0.671. The van der Waals surface area contributed by atoms with Gasteiger partial charge >= 0.3 is 5.76 Å². The van der Waals surface area contributed by atoms with Gasteiger partial charge in [-0.05, 0) is 30.3 Å². The molecule has 2 heterocycles. The number of furan rings is 1. The van der Waals surface area contributed by atoms with Crippen LogP contribution in [0.5, 0.6) is 0 Å². The first-order valence-corrected chi connectivity index (χ1v) is 6.48. The molecule has 0 bridgehead atoms. The zero-order valence-corrected chi connectivity index (χ0v) is 11.6. The lowest BCUT2D eigenvalue weighted by Crippen LogP contribution is -2.17. The van der Waals surface area contributed by atoms with Crippen molar-refractivity contribution in [3.05, 3.63) is 63.0 Å². The summed E-state index contributed by atoms with van der Waals surface area (Å²) < 4.78 is 25.5. The number of nitrogens with zero attached hydrogens (tertiary/aromatic N) is 2. The Labute approximate surface area is 120 Å². The van der Waals surface area contributed by atoms with E-state index in [4.69, 9.17) is 8.83 Å². The van der Waals surface area contributed by atoms with Gasteiger partial charge in [0.1, 0.15) is 5.82 Å². The third-order valence-electron chi connectivity index (χ3n) is 2.67. The second-order valence-electron chi connectivity index (χ2n) is 4.04. The van der Waals surface area contributed by atoms with Crippen molar-refractivity contribution >= 4 is 15.9 Å². The number of hydrogen-bond donors (Lipinski definition) is 0. The zero-order chi connectivity index (χ0) is 14.1. The summed E-state index contributed by atoms with van der Waals surface area (Å²) in [6, 6.07) is 7.76. The average Bonchev–Trinajstić information content (AvgIpc) is 3.04. The Balaban J connectivity index is 1.95. The van der Waals surface area contributed by atoms with Crippen molar-refractivity contribution in [1.29, 1.82) is 0 Å². The standard InChI is InChI=1S/C13H8BrFN2O3/c14-9-3-4-10(15)8(6-9)7-17-13(18)20-12(16-17)11-2-1-5-19-11/h1-6H,7H2. The van der Waals surface area contributed by atoms with Crippen LogP contribution in [0.1, 0.15) is 5.56 Å². The Morgan fingerprint density at radius 2 is 2.20 bits per heavy atom. The Bertz CT molecular complexity index is 792. The van der Waals surface area contributed by atoms with Crippen molar-refractivity contribution in [2.45, 2.75) is 6.54 Å². The van der Waals surface area contributed by atoms with Gasteiger partial charge in [-0.15, -0.1) is 5.10 Å². The lowest BCUT2D eigenvalue weighted by Gasteiger charge is -2.02. The van der Waals surface area contributed by atoms with E-state index < -0.39 is 11.6 Å². The SMILES string of the molecule is O=c1oc(-c2ccco2)nn1Cc1cc(Br)ccc1F. The Morgan fingerprint density at radius 3 is 2.95 bits per heavy atom. The molecule has 5 nitrogen and oxygen atoms in total. The molecular formula is C13H8BrFN2O3. The van der Waals surface area contributed by atoms with E-state index in [-0.39, 0.29) is 12.4 Å². The van der Waals surface area contributed by atoms with Gasteiger partial charge in [-0.25, -0.2) is 9.18 Å². The molecule has 0 N–H and O–H groups in total. The summed E-state index contributed by atoms with van der Waals surface area (Å²) in [4.78, 5) is 11.7. The second-order valence-corrected chi connectivity index (χ2v) is 4.96. The van der Waals surface area contributed by atoms with Gasteiger partial charge in [0.15, 0.2) is 5.76 Å². The van der Waals surface area contributed by atoms with Crippen LogP contribution in [0.15, 0.2) is 54.7 Å². The molecule has 0 aliphatic heterocycles. The van der Waals surface area contributed by atoms with Gasteiger partial charge in [0.2, 0.25) is 0 Å². The molecule has 2 aromatic heterocycles. The number of aromatic nitrogens is 2. The first-order chi connectivity index (χ1) is 9.63. The van der Waals surface area contributed by atoms with Crippen LogP contribution in [0, 0.1) is 5.82 Å². The van der Waals surface area contributed by atoms with Crippen LogP contribution in [-0.2, 0) is 6.54 Å². The maximum atomic E-state index is 13.7. The van der Waals surface area contributed by atoms with Gasteiger partial charge in [0.25, 0.3) is 5.89 Å². The minimum Gasteiger partial charge on any atom is -0.459 e. The summed E-state index contributed by atoms with van der Waals surface area (Å²) in [5.74, 6) is -0.676. The molecule has 0 saturated heterocycles. The van der Waals surface area contributed by atoms with Gasteiger partial charge < -0.3 is 8.83 Å². The van der Waals surface area contributed by atoms with Crippen molar-refractivity contribution < 1.29 is 13.2 Å². The van der Waals surface area contributed by atoms with Crippen LogP contribution in [0.2, 0.25) is 0 Å². The van der Waals surface area contributed by atoms with Crippen LogP contribution in [0.4, 0.5) is 4.39 Å². The lowest BCUT2D eigenvalue weighted by molar-refractivity contribution is 0.474. The molecule has 0 spiro atoms. The number of halogens is 2. The van der Waals surface area contributed by atoms with Crippen LogP contribution in [0.3, 0.4) is 0 Å². The summed E-state index contributed by atoms with van der Waals surface area (Å²) in [7, 11) is 0. The van der Waals surface area contributed by atoms with E-state index in [1.165, 1.54) is 12.3 Å². The van der Waals surface area contributed by atoms with E-state index in [1.54, 1.807) is 24.3 Å². The maximum Gasteiger partial charge on any atom is 0.437 e. The fourth-order valence-electron chi connectivity index (χ4n) is 1.73. The number of benzene rings is 1. The maximum absolute atomic E-state index is 13.7. The molecule has 3 aromatic rings. The minimum absolute atomic E-state index is 0.0195. The van der Waals surface area contributed by atoms with E-state index in [9.17, 15) is 9.18 Å². The number of rotatable bonds is 3. The van der Waals surface area contributed by atoms with Gasteiger partial charge in [-0.2, -0.15) is 4.68 Å². The van der Waals surface area contributed by atoms with E-state index in [2.05, 4.69) is 21.0 Å². The predicted molar refractivity (Wildman–Crippen MR) is 71.7 cm³/mol. The molecule has 7 heteroatoms. The van der Waals surface area contributed by atoms with E-state index in [1.807, 2.05) is 0 Å². The molecule has 0 fully saturated rings. The van der Waals surface area contributed by atoms with Gasteiger partial charge in [0.05, 0.1) is 12.8 Å². The Morgan fingerprint density at radius 1 is 1.35 bits per heavy atom. The zero-order valence-electron chi connectivity index (χ0n) is 10.0. The molecule has 0 radical (unpaired) electrons. The van der Waals surface area contributed by atoms with Crippen LogP contribution in [-0.4, -0.2) is 9.78 Å². The molecule has 3 rings (SSSR count). The van der Waals surface area contributed by atoms with Crippen LogP contribution >= 0.6 is 15.9 Å². The molecule has 0 saturated carbocycles. The summed E-state index contributed by atoms with van der Waals surface area (Å²) in [5.41, 5.74) is 0.334. The smallest absolute Gasteiger partial charge is 0.437 e. The summed E-state index contributed by atoms with van der Waals surface area (Å²) in [6.07, 6.45) is 1.45. The normalized spacial score (nSPS) is 10.9. The Kier molecular flexibility index (Phi) is 3.27. The fraction of sp³-hybridized carbons (Fsp3) is 0.0769. The fourth-order valence-corrected chi connectivity index (χ4v) is 2.14. The molecule has 20 heavy (non-hydrogen) atoms. The molecule has 102 valence electrons. The predicted octanol–water partition coefficient (Wildman–Crippen LogP) is 3.05. The first-order valence-electron chi connectivity index (χ1n) is 5.69. The lowest BCUT2D eigenvalue weighted by atomic mass is 10.2.